The standard InChI is InChI=1S/C21H22FN3O3S2/c1-4-25(5-2)30(27,28)18-13-16(11-12-17(18)22)20(26)24-21-23-19(14(3)29-21)15-9-7-6-8-10-15/h6-13H,4-5H2,1-3H3,(H,23,24,26). The molecule has 0 aliphatic rings. The maximum Gasteiger partial charge on any atom is 0.257 e. The highest BCUT2D eigenvalue weighted by Gasteiger charge is 2.26. The number of nitrogens with zero attached hydrogens (tertiary/aromatic N) is 2. The predicted molar refractivity (Wildman–Crippen MR) is 117 cm³/mol. The van der Waals surface area contributed by atoms with Crippen molar-refractivity contribution in [2.75, 3.05) is 18.4 Å². The van der Waals surface area contributed by atoms with Gasteiger partial charge in [-0.25, -0.2) is 17.8 Å². The third kappa shape index (κ3) is 4.43. The lowest BCUT2D eigenvalue weighted by Crippen LogP contribution is -2.31. The van der Waals surface area contributed by atoms with Gasteiger partial charge in [0.25, 0.3) is 5.91 Å². The van der Waals surface area contributed by atoms with Gasteiger partial charge in [0.15, 0.2) is 5.13 Å². The molecule has 9 heteroatoms. The van der Waals surface area contributed by atoms with E-state index in [4.69, 9.17) is 0 Å². The quantitative estimate of drug-likeness (QED) is 0.577. The second kappa shape index (κ2) is 9.03. The average Bonchev–Trinajstić information content (AvgIpc) is 3.09. The van der Waals surface area contributed by atoms with Crippen molar-refractivity contribution in [2.45, 2.75) is 25.7 Å². The molecule has 1 heterocycles. The first-order valence-corrected chi connectivity index (χ1v) is 11.7. The van der Waals surface area contributed by atoms with Gasteiger partial charge in [0.2, 0.25) is 10.0 Å². The number of aromatic nitrogens is 1. The lowest BCUT2D eigenvalue weighted by Gasteiger charge is -2.19. The van der Waals surface area contributed by atoms with Gasteiger partial charge >= 0.3 is 0 Å². The Labute approximate surface area is 179 Å². The molecule has 6 nitrogen and oxygen atoms in total. The van der Waals surface area contributed by atoms with Crippen molar-refractivity contribution < 1.29 is 17.6 Å². The third-order valence-corrected chi connectivity index (χ3v) is 7.53. The van der Waals surface area contributed by atoms with E-state index in [0.717, 1.165) is 32.6 Å². The maximum atomic E-state index is 14.3. The Balaban J connectivity index is 1.89. The average molecular weight is 448 g/mol. The highest BCUT2D eigenvalue weighted by atomic mass is 32.2. The number of aryl methyl sites for hydroxylation is 1. The van der Waals surface area contributed by atoms with Gasteiger partial charge in [-0.3, -0.25) is 10.1 Å². The summed E-state index contributed by atoms with van der Waals surface area (Å²) in [6, 6.07) is 12.9. The lowest BCUT2D eigenvalue weighted by atomic mass is 10.1. The van der Waals surface area contributed by atoms with Gasteiger partial charge in [-0.05, 0) is 25.1 Å². The molecule has 0 aliphatic heterocycles. The summed E-state index contributed by atoms with van der Waals surface area (Å²) in [5, 5.41) is 3.07. The zero-order valence-corrected chi connectivity index (χ0v) is 18.5. The number of halogens is 1. The number of hydrogen-bond donors (Lipinski definition) is 1. The fourth-order valence-corrected chi connectivity index (χ4v) is 5.41. The molecule has 1 N–H and O–H groups in total. The summed E-state index contributed by atoms with van der Waals surface area (Å²) in [6.07, 6.45) is 0. The van der Waals surface area contributed by atoms with Crippen molar-refractivity contribution in [2.24, 2.45) is 0 Å². The highest BCUT2D eigenvalue weighted by molar-refractivity contribution is 7.89. The number of thiazole rings is 1. The van der Waals surface area contributed by atoms with Crippen molar-refractivity contribution in [1.82, 2.24) is 9.29 Å². The Morgan fingerprint density at radius 3 is 2.43 bits per heavy atom. The number of nitrogens with one attached hydrogen (secondary N) is 1. The van der Waals surface area contributed by atoms with Crippen LogP contribution in [0.4, 0.5) is 9.52 Å². The summed E-state index contributed by atoms with van der Waals surface area (Å²) in [7, 11) is -4.03. The Kier molecular flexibility index (Phi) is 6.64. The predicted octanol–water partition coefficient (Wildman–Crippen LogP) is 4.54. The van der Waals surface area contributed by atoms with Crippen molar-refractivity contribution in [3.05, 3.63) is 64.8 Å². The molecule has 0 spiro atoms. The van der Waals surface area contributed by atoms with Gasteiger partial charge in [-0.1, -0.05) is 44.2 Å². The number of carbonyl (C=O) groups is 1. The number of amides is 1. The zero-order chi connectivity index (χ0) is 21.9. The Hall–Kier alpha value is -2.62. The molecule has 0 fully saturated rings. The van der Waals surface area contributed by atoms with Crippen LogP contribution in [0.15, 0.2) is 53.4 Å². The number of sulfonamides is 1. The normalized spacial score (nSPS) is 11.6. The molecular formula is C21H22FN3O3S2. The van der Waals surface area contributed by atoms with Crippen LogP contribution in [0.1, 0.15) is 29.1 Å². The van der Waals surface area contributed by atoms with E-state index < -0.39 is 26.6 Å². The summed E-state index contributed by atoms with van der Waals surface area (Å²) < 4.78 is 40.8. The zero-order valence-electron chi connectivity index (χ0n) is 16.8. The second-order valence-electron chi connectivity index (χ2n) is 6.48. The molecule has 3 rings (SSSR count). The van der Waals surface area contributed by atoms with Crippen molar-refractivity contribution in [3.8, 4) is 11.3 Å². The van der Waals surface area contributed by atoms with E-state index in [2.05, 4.69) is 10.3 Å². The van der Waals surface area contributed by atoms with E-state index in [0.29, 0.717) is 5.13 Å². The fourth-order valence-electron chi connectivity index (χ4n) is 3.03. The van der Waals surface area contributed by atoms with Crippen molar-refractivity contribution in [1.29, 1.82) is 0 Å². The van der Waals surface area contributed by atoms with Crippen LogP contribution in [0.2, 0.25) is 0 Å². The van der Waals surface area contributed by atoms with E-state index in [1.165, 1.54) is 17.4 Å². The molecule has 1 aromatic heterocycles. The number of benzene rings is 2. The first kappa shape index (κ1) is 22.1. The van der Waals surface area contributed by atoms with Gasteiger partial charge in [0, 0.05) is 29.1 Å². The topological polar surface area (TPSA) is 79.4 Å². The Morgan fingerprint density at radius 1 is 1.13 bits per heavy atom. The smallest absolute Gasteiger partial charge is 0.257 e. The molecule has 0 aliphatic carbocycles. The summed E-state index contributed by atoms with van der Waals surface area (Å²) in [4.78, 5) is 17.6. The molecule has 2 aromatic carbocycles. The molecule has 1 amide bonds. The highest BCUT2D eigenvalue weighted by Crippen LogP contribution is 2.30. The van der Waals surface area contributed by atoms with Gasteiger partial charge < -0.3 is 0 Å². The van der Waals surface area contributed by atoms with E-state index >= 15 is 0 Å². The molecule has 0 saturated carbocycles. The SMILES string of the molecule is CCN(CC)S(=O)(=O)c1cc(C(=O)Nc2nc(-c3ccccc3)c(C)s2)ccc1F. The third-order valence-electron chi connectivity index (χ3n) is 4.58. The van der Waals surface area contributed by atoms with Crippen molar-refractivity contribution in [3.63, 3.8) is 0 Å². The molecule has 0 radical (unpaired) electrons. The molecule has 30 heavy (non-hydrogen) atoms. The van der Waals surface area contributed by atoms with Crippen LogP contribution in [0.25, 0.3) is 11.3 Å². The van der Waals surface area contributed by atoms with Crippen LogP contribution < -0.4 is 5.32 Å². The van der Waals surface area contributed by atoms with Crippen LogP contribution in [-0.2, 0) is 10.0 Å². The summed E-state index contributed by atoms with van der Waals surface area (Å²) in [5.41, 5.74) is 1.73. The largest absolute Gasteiger partial charge is 0.298 e. The number of rotatable bonds is 7. The Bertz CT molecular complexity index is 1160. The second-order valence-corrected chi connectivity index (χ2v) is 9.59. The van der Waals surface area contributed by atoms with E-state index in [-0.39, 0.29) is 18.7 Å². The monoisotopic (exact) mass is 447 g/mol. The minimum atomic E-state index is -4.03. The lowest BCUT2D eigenvalue weighted by molar-refractivity contribution is 0.102. The van der Waals surface area contributed by atoms with Crippen LogP contribution in [-0.4, -0.2) is 36.7 Å². The summed E-state index contributed by atoms with van der Waals surface area (Å²) in [5.74, 6) is -1.45. The van der Waals surface area contributed by atoms with Crippen LogP contribution in [0.3, 0.4) is 0 Å². The fraction of sp³-hybridized carbons (Fsp3) is 0.238. The molecule has 0 bridgehead atoms. The van der Waals surface area contributed by atoms with E-state index in [1.54, 1.807) is 13.8 Å². The molecule has 0 unspecified atom stereocenters. The maximum absolute atomic E-state index is 14.3. The van der Waals surface area contributed by atoms with Crippen molar-refractivity contribution >= 4 is 32.4 Å². The van der Waals surface area contributed by atoms with Crippen LogP contribution in [0, 0.1) is 12.7 Å². The minimum absolute atomic E-state index is 0.0382. The molecule has 0 atom stereocenters. The molecule has 0 saturated heterocycles. The van der Waals surface area contributed by atoms with Gasteiger partial charge in [0.05, 0.1) is 5.69 Å². The summed E-state index contributed by atoms with van der Waals surface area (Å²) in [6.45, 7) is 5.66. The first-order valence-electron chi connectivity index (χ1n) is 9.41. The number of hydrogen-bond acceptors (Lipinski definition) is 5. The molecular weight excluding hydrogens is 425 g/mol. The summed E-state index contributed by atoms with van der Waals surface area (Å²) >= 11 is 1.31. The van der Waals surface area contributed by atoms with Gasteiger partial charge in [-0.2, -0.15) is 4.31 Å². The van der Waals surface area contributed by atoms with Crippen LogP contribution in [0.5, 0.6) is 0 Å². The van der Waals surface area contributed by atoms with Gasteiger partial charge in [-0.15, -0.1) is 11.3 Å². The number of carbonyl (C=O) groups excluding carboxylic acids is 1. The van der Waals surface area contributed by atoms with Gasteiger partial charge in [0.1, 0.15) is 10.7 Å². The molecule has 158 valence electrons. The number of anilines is 1. The minimum Gasteiger partial charge on any atom is -0.298 e. The molecule has 3 aromatic rings. The van der Waals surface area contributed by atoms with E-state index in [1.807, 2.05) is 37.3 Å². The van der Waals surface area contributed by atoms with E-state index in [9.17, 15) is 17.6 Å². The van der Waals surface area contributed by atoms with Crippen LogP contribution >= 0.6 is 11.3 Å². The first-order chi connectivity index (χ1) is 14.3. The Morgan fingerprint density at radius 2 is 1.80 bits per heavy atom.